The highest BCUT2D eigenvalue weighted by molar-refractivity contribution is 8.00. The van der Waals surface area contributed by atoms with E-state index < -0.39 is 0 Å². The Bertz CT molecular complexity index is 1130. The van der Waals surface area contributed by atoms with Crippen LogP contribution >= 0.6 is 11.9 Å². The van der Waals surface area contributed by atoms with Gasteiger partial charge < -0.3 is 26.6 Å². The fourth-order valence-electron chi connectivity index (χ4n) is 3.38. The Labute approximate surface area is 217 Å². The van der Waals surface area contributed by atoms with Gasteiger partial charge in [-0.15, -0.1) is 0 Å². The minimum absolute atomic E-state index is 0.205. The molecule has 1 saturated heterocycles. The molecule has 0 saturated carbocycles. The van der Waals surface area contributed by atoms with Crippen molar-refractivity contribution < 1.29 is 4.79 Å². The first-order chi connectivity index (χ1) is 17.3. The van der Waals surface area contributed by atoms with Gasteiger partial charge in [0.25, 0.3) is 5.91 Å². The van der Waals surface area contributed by atoms with E-state index in [0.717, 1.165) is 24.5 Å². The van der Waals surface area contributed by atoms with E-state index in [1.807, 2.05) is 58.0 Å². The van der Waals surface area contributed by atoms with Crippen LogP contribution in [-0.4, -0.2) is 60.5 Å². The van der Waals surface area contributed by atoms with Gasteiger partial charge in [-0.2, -0.15) is 5.26 Å². The molecule has 0 bridgehead atoms. The fourth-order valence-corrected chi connectivity index (χ4v) is 4.15. The van der Waals surface area contributed by atoms with Crippen LogP contribution in [0.1, 0.15) is 35.6 Å². The number of para-hydroxylation sites is 1. The number of hydrogen-bond donors (Lipinski definition) is 3. The average molecular weight is 510 g/mol. The standard InChI is InChI=1S/C23H29N9OS.C2H6/c1-16-14-17(15-24)28-23(27-16)31-10-12-32(13-11-31)34-21(26)9-8-20(25)29-22(33)18-6-4-5-7-19(18)30(2)3;1-2/h4-9,14H,10-13,25-26H2,1-3H3,(H,29,33);1-2H3/b20-8+,21-9+;. The molecule has 1 aliphatic rings. The molecule has 1 amide bonds. The molecular formula is C25H35N9OS. The van der Waals surface area contributed by atoms with Crippen molar-refractivity contribution >= 4 is 29.5 Å². The Kier molecular flexibility index (Phi) is 11.1. The number of benzene rings is 1. The summed E-state index contributed by atoms with van der Waals surface area (Å²) in [6, 6.07) is 11.1. The Morgan fingerprint density at radius 1 is 1.14 bits per heavy atom. The lowest BCUT2D eigenvalue weighted by Crippen LogP contribution is -2.44. The summed E-state index contributed by atoms with van der Waals surface area (Å²) < 4.78 is 2.14. The molecule has 192 valence electrons. The molecule has 0 aliphatic carbocycles. The Morgan fingerprint density at radius 2 is 1.81 bits per heavy atom. The molecule has 2 heterocycles. The van der Waals surface area contributed by atoms with E-state index in [1.165, 1.54) is 11.9 Å². The molecule has 1 aliphatic heterocycles. The van der Waals surface area contributed by atoms with E-state index in [-0.39, 0.29) is 11.7 Å². The van der Waals surface area contributed by atoms with Crippen LogP contribution in [0.3, 0.4) is 0 Å². The lowest BCUT2D eigenvalue weighted by molar-refractivity contribution is 0.0966. The van der Waals surface area contributed by atoms with Crippen molar-refractivity contribution in [3.63, 3.8) is 0 Å². The van der Waals surface area contributed by atoms with Crippen LogP contribution in [0.15, 0.2) is 53.3 Å². The number of amides is 1. The molecule has 0 radical (unpaired) electrons. The van der Waals surface area contributed by atoms with Gasteiger partial charge in [0, 0.05) is 51.7 Å². The van der Waals surface area contributed by atoms with E-state index in [1.54, 1.807) is 24.3 Å². The topological polar surface area (TPSA) is 140 Å². The molecule has 5 N–H and O–H groups in total. The largest absolute Gasteiger partial charge is 0.393 e. The highest BCUT2D eigenvalue weighted by Crippen LogP contribution is 2.21. The van der Waals surface area contributed by atoms with Crippen molar-refractivity contribution in [2.24, 2.45) is 11.5 Å². The van der Waals surface area contributed by atoms with Crippen molar-refractivity contribution in [3.05, 3.63) is 70.3 Å². The zero-order chi connectivity index (χ0) is 26.7. The first kappa shape index (κ1) is 28.5. The summed E-state index contributed by atoms with van der Waals surface area (Å²) in [5.74, 6) is 0.496. The van der Waals surface area contributed by atoms with E-state index in [4.69, 9.17) is 16.7 Å². The summed E-state index contributed by atoms with van der Waals surface area (Å²) in [4.78, 5) is 25.3. The zero-order valence-corrected chi connectivity index (χ0v) is 22.3. The number of nitriles is 1. The lowest BCUT2D eigenvalue weighted by atomic mass is 10.1. The quantitative estimate of drug-likeness (QED) is 0.377. The minimum Gasteiger partial charge on any atom is -0.393 e. The number of hydrogen-bond acceptors (Lipinski definition) is 10. The number of allylic oxidation sites excluding steroid dienone is 2. The van der Waals surface area contributed by atoms with Crippen molar-refractivity contribution in [2.45, 2.75) is 20.8 Å². The second kappa shape index (κ2) is 14.0. The Hall–Kier alpha value is -3.75. The predicted molar refractivity (Wildman–Crippen MR) is 147 cm³/mol. The SMILES string of the molecule is CC.Cc1cc(C#N)nc(N2CCN(S/C(N)=C/C=C(\N)NC(=O)c3ccccc3N(C)C)CC2)n1. The molecule has 0 unspecified atom stereocenters. The first-order valence-corrected chi connectivity index (χ1v) is 12.5. The van der Waals surface area contributed by atoms with Crippen molar-refractivity contribution in [2.75, 3.05) is 50.1 Å². The van der Waals surface area contributed by atoms with Crippen molar-refractivity contribution in [1.82, 2.24) is 19.6 Å². The van der Waals surface area contributed by atoms with E-state index >= 15 is 0 Å². The van der Waals surface area contributed by atoms with Gasteiger partial charge in [-0.25, -0.2) is 14.3 Å². The van der Waals surface area contributed by atoms with E-state index in [9.17, 15) is 4.79 Å². The third kappa shape index (κ3) is 8.18. The number of rotatable bonds is 7. The number of piperazine rings is 1. The first-order valence-electron chi connectivity index (χ1n) is 11.7. The van der Waals surface area contributed by atoms with E-state index in [2.05, 4.69) is 30.6 Å². The Morgan fingerprint density at radius 3 is 2.44 bits per heavy atom. The number of aromatic nitrogens is 2. The number of carbonyl (C=O) groups is 1. The number of aryl methyl sites for hydroxylation is 1. The molecule has 11 heteroatoms. The van der Waals surface area contributed by atoms with Crippen LogP contribution in [0.5, 0.6) is 0 Å². The van der Waals surface area contributed by atoms with Crippen LogP contribution < -0.4 is 26.6 Å². The summed E-state index contributed by atoms with van der Waals surface area (Å²) in [5, 5.41) is 12.4. The summed E-state index contributed by atoms with van der Waals surface area (Å²) >= 11 is 1.43. The summed E-state index contributed by atoms with van der Waals surface area (Å²) in [6.07, 6.45) is 3.26. The third-order valence-corrected chi connectivity index (χ3v) is 6.00. The second-order valence-electron chi connectivity index (χ2n) is 7.87. The molecule has 10 nitrogen and oxygen atoms in total. The molecule has 1 aromatic heterocycles. The molecule has 0 spiro atoms. The number of carbonyl (C=O) groups excluding carboxylic acids is 1. The molecule has 1 fully saturated rings. The molecule has 2 aromatic rings. The zero-order valence-electron chi connectivity index (χ0n) is 21.5. The summed E-state index contributed by atoms with van der Waals surface area (Å²) in [6.45, 7) is 8.78. The van der Waals surface area contributed by atoms with Gasteiger partial charge >= 0.3 is 0 Å². The monoisotopic (exact) mass is 509 g/mol. The summed E-state index contributed by atoms with van der Waals surface area (Å²) in [5.41, 5.74) is 14.6. The van der Waals surface area contributed by atoms with Gasteiger partial charge in [-0.3, -0.25) is 4.79 Å². The van der Waals surface area contributed by atoms with Gasteiger partial charge in [0.05, 0.1) is 10.6 Å². The van der Waals surface area contributed by atoms with E-state index in [0.29, 0.717) is 35.3 Å². The minimum atomic E-state index is -0.285. The molecular weight excluding hydrogens is 474 g/mol. The molecule has 3 rings (SSSR count). The molecule has 0 atom stereocenters. The van der Waals surface area contributed by atoms with Crippen LogP contribution in [0.4, 0.5) is 11.6 Å². The summed E-state index contributed by atoms with van der Waals surface area (Å²) in [7, 11) is 3.76. The maximum absolute atomic E-state index is 12.6. The number of anilines is 2. The average Bonchev–Trinajstić information content (AvgIpc) is 2.88. The third-order valence-electron chi connectivity index (χ3n) is 5.03. The van der Waals surface area contributed by atoms with Crippen molar-refractivity contribution in [1.29, 1.82) is 5.26 Å². The van der Waals surface area contributed by atoms with Gasteiger partial charge in [0.15, 0.2) is 0 Å². The van der Waals surface area contributed by atoms with Crippen molar-refractivity contribution in [3.8, 4) is 6.07 Å². The van der Waals surface area contributed by atoms with Crippen LogP contribution in [0, 0.1) is 18.3 Å². The second-order valence-corrected chi connectivity index (χ2v) is 9.04. The highest BCUT2D eigenvalue weighted by Gasteiger charge is 2.20. The van der Waals surface area contributed by atoms with Crippen LogP contribution in [0.25, 0.3) is 0 Å². The number of nitrogens with one attached hydrogen (secondary N) is 1. The van der Waals surface area contributed by atoms with Gasteiger partial charge in [0.1, 0.15) is 17.6 Å². The lowest BCUT2D eigenvalue weighted by Gasteiger charge is -2.33. The van der Waals surface area contributed by atoms with Crippen LogP contribution in [0.2, 0.25) is 0 Å². The normalized spacial score (nSPS) is 14.4. The number of nitrogens with zero attached hydrogens (tertiary/aromatic N) is 6. The maximum Gasteiger partial charge on any atom is 0.258 e. The number of nitrogens with two attached hydrogens (primary N) is 2. The van der Waals surface area contributed by atoms with Gasteiger partial charge in [-0.1, -0.05) is 26.0 Å². The Balaban J connectivity index is 0.00000222. The molecule has 1 aromatic carbocycles. The predicted octanol–water partition coefficient (Wildman–Crippen LogP) is 2.55. The highest BCUT2D eigenvalue weighted by atomic mass is 32.2. The van der Waals surface area contributed by atoms with Gasteiger partial charge in [-0.05, 0) is 49.2 Å². The van der Waals surface area contributed by atoms with Crippen LogP contribution in [-0.2, 0) is 0 Å². The maximum atomic E-state index is 12.6. The fraction of sp³-hybridized carbons (Fsp3) is 0.360. The smallest absolute Gasteiger partial charge is 0.258 e. The molecule has 36 heavy (non-hydrogen) atoms. The van der Waals surface area contributed by atoms with Gasteiger partial charge in [0.2, 0.25) is 5.95 Å².